The smallest absolute Gasteiger partial charge is 0.407 e. The van der Waals surface area contributed by atoms with Crippen molar-refractivity contribution in [2.24, 2.45) is 12.5 Å². The lowest BCUT2D eigenvalue weighted by Gasteiger charge is -2.43. The van der Waals surface area contributed by atoms with Gasteiger partial charge in [-0.3, -0.25) is 4.79 Å². The molecule has 0 saturated heterocycles. The average molecular weight is 435 g/mol. The quantitative estimate of drug-likeness (QED) is 0.747. The van der Waals surface area contributed by atoms with E-state index in [9.17, 15) is 14.7 Å². The van der Waals surface area contributed by atoms with Gasteiger partial charge < -0.3 is 19.9 Å². The van der Waals surface area contributed by atoms with Gasteiger partial charge in [-0.25, -0.2) is 9.78 Å². The molecular formula is C19H23BrN4O3. The van der Waals surface area contributed by atoms with Crippen molar-refractivity contribution in [2.45, 2.75) is 33.2 Å². The van der Waals surface area contributed by atoms with Crippen LogP contribution in [-0.4, -0.2) is 32.2 Å². The number of aryl methyl sites for hydroxylation is 1. The van der Waals surface area contributed by atoms with Crippen molar-refractivity contribution >= 4 is 33.5 Å². The molecule has 1 aromatic carbocycles. The summed E-state index contributed by atoms with van der Waals surface area (Å²) in [6, 6.07) is 5.58. The Morgan fingerprint density at radius 3 is 2.70 bits per heavy atom. The van der Waals surface area contributed by atoms with Crippen LogP contribution in [0.25, 0.3) is 0 Å². The lowest BCUT2D eigenvalue weighted by molar-refractivity contribution is 0.0759. The monoisotopic (exact) mass is 434 g/mol. The van der Waals surface area contributed by atoms with Gasteiger partial charge in [0.05, 0.1) is 6.04 Å². The van der Waals surface area contributed by atoms with E-state index < -0.39 is 6.09 Å². The minimum absolute atomic E-state index is 0.218. The molecule has 8 heteroatoms. The van der Waals surface area contributed by atoms with Gasteiger partial charge in [-0.05, 0) is 51.0 Å². The van der Waals surface area contributed by atoms with Gasteiger partial charge >= 0.3 is 6.09 Å². The third-order valence-electron chi connectivity index (χ3n) is 4.74. The number of carbonyl (C=O) groups is 1. The van der Waals surface area contributed by atoms with Crippen LogP contribution in [0.1, 0.15) is 37.9 Å². The SMILES string of the molecule is Cn1cc(Br)nc(Nc2ccc3c(c2)CCN(C(=O)O)C3C(C)(C)C)c1=O. The van der Waals surface area contributed by atoms with E-state index in [-0.39, 0.29) is 22.8 Å². The van der Waals surface area contributed by atoms with E-state index in [1.807, 2.05) is 39.0 Å². The second-order valence-electron chi connectivity index (χ2n) is 7.86. The maximum absolute atomic E-state index is 12.3. The number of amides is 1. The van der Waals surface area contributed by atoms with Crippen molar-refractivity contribution in [1.29, 1.82) is 0 Å². The number of carboxylic acid groups (broad SMARTS) is 1. The molecule has 1 aliphatic rings. The van der Waals surface area contributed by atoms with E-state index in [1.165, 1.54) is 9.47 Å². The van der Waals surface area contributed by atoms with Crippen molar-refractivity contribution in [3.8, 4) is 0 Å². The number of hydrogen-bond acceptors (Lipinski definition) is 4. The average Bonchev–Trinajstić information content (AvgIpc) is 2.57. The molecule has 3 rings (SSSR count). The third kappa shape index (κ3) is 3.85. The van der Waals surface area contributed by atoms with Crippen molar-refractivity contribution in [3.05, 3.63) is 50.5 Å². The molecule has 7 nitrogen and oxygen atoms in total. The molecular weight excluding hydrogens is 412 g/mol. The van der Waals surface area contributed by atoms with Gasteiger partial charge in [0.25, 0.3) is 5.56 Å². The molecule has 0 saturated carbocycles. The van der Waals surface area contributed by atoms with Crippen LogP contribution in [0, 0.1) is 5.41 Å². The van der Waals surface area contributed by atoms with E-state index >= 15 is 0 Å². The van der Waals surface area contributed by atoms with E-state index in [0.29, 0.717) is 17.6 Å². The summed E-state index contributed by atoms with van der Waals surface area (Å²) in [4.78, 5) is 29.7. The second kappa shape index (κ2) is 6.99. The van der Waals surface area contributed by atoms with Crippen LogP contribution in [0.5, 0.6) is 0 Å². The summed E-state index contributed by atoms with van der Waals surface area (Å²) in [6.07, 6.45) is 1.34. The zero-order valence-electron chi connectivity index (χ0n) is 15.8. The number of benzene rings is 1. The van der Waals surface area contributed by atoms with E-state index in [1.54, 1.807) is 13.2 Å². The highest BCUT2D eigenvalue weighted by Gasteiger charge is 2.38. The van der Waals surface area contributed by atoms with E-state index in [0.717, 1.165) is 16.8 Å². The highest BCUT2D eigenvalue weighted by molar-refractivity contribution is 9.10. The van der Waals surface area contributed by atoms with Crippen molar-refractivity contribution in [1.82, 2.24) is 14.5 Å². The highest BCUT2D eigenvalue weighted by Crippen LogP contribution is 2.43. The Bertz CT molecular complexity index is 949. The molecule has 1 atom stereocenters. The first-order valence-electron chi connectivity index (χ1n) is 8.70. The van der Waals surface area contributed by atoms with Crippen LogP contribution < -0.4 is 10.9 Å². The number of hydrogen-bond donors (Lipinski definition) is 2. The number of nitrogens with zero attached hydrogens (tertiary/aromatic N) is 3. The summed E-state index contributed by atoms with van der Waals surface area (Å²) >= 11 is 3.30. The summed E-state index contributed by atoms with van der Waals surface area (Å²) in [7, 11) is 1.67. The lowest BCUT2D eigenvalue weighted by atomic mass is 9.77. The molecule has 1 aromatic heterocycles. The first-order chi connectivity index (χ1) is 12.6. The van der Waals surface area contributed by atoms with Crippen LogP contribution in [-0.2, 0) is 13.5 Å². The Morgan fingerprint density at radius 1 is 1.37 bits per heavy atom. The van der Waals surface area contributed by atoms with Gasteiger partial charge in [-0.1, -0.05) is 26.8 Å². The van der Waals surface area contributed by atoms with Gasteiger partial charge in [0.1, 0.15) is 4.60 Å². The molecule has 1 aliphatic heterocycles. The van der Waals surface area contributed by atoms with E-state index in [2.05, 4.69) is 26.2 Å². The molecule has 0 fully saturated rings. The number of halogens is 1. The Kier molecular flexibility index (Phi) is 5.03. The number of anilines is 2. The fourth-order valence-electron chi connectivity index (χ4n) is 3.63. The van der Waals surface area contributed by atoms with Gasteiger partial charge in [-0.15, -0.1) is 0 Å². The minimum Gasteiger partial charge on any atom is -0.465 e. The third-order valence-corrected chi connectivity index (χ3v) is 5.12. The maximum Gasteiger partial charge on any atom is 0.407 e. The van der Waals surface area contributed by atoms with Crippen LogP contribution in [0.3, 0.4) is 0 Å². The summed E-state index contributed by atoms with van der Waals surface area (Å²) in [5.41, 5.74) is 2.40. The fraction of sp³-hybridized carbons (Fsp3) is 0.421. The first-order valence-corrected chi connectivity index (χ1v) is 9.50. The van der Waals surface area contributed by atoms with Crippen LogP contribution in [0.4, 0.5) is 16.3 Å². The van der Waals surface area contributed by atoms with Gasteiger partial charge in [0.15, 0.2) is 5.82 Å². The molecule has 2 heterocycles. The Balaban J connectivity index is 1.99. The molecule has 2 N–H and O–H groups in total. The molecule has 0 spiro atoms. The number of rotatable bonds is 2. The predicted molar refractivity (Wildman–Crippen MR) is 108 cm³/mol. The maximum atomic E-state index is 12.3. The molecule has 1 unspecified atom stereocenters. The topological polar surface area (TPSA) is 87.5 Å². The molecule has 144 valence electrons. The normalized spacial score (nSPS) is 16.8. The molecule has 0 radical (unpaired) electrons. The summed E-state index contributed by atoms with van der Waals surface area (Å²) in [5.74, 6) is 0.238. The van der Waals surface area contributed by atoms with Crippen molar-refractivity contribution in [2.75, 3.05) is 11.9 Å². The van der Waals surface area contributed by atoms with Crippen LogP contribution >= 0.6 is 15.9 Å². The second-order valence-corrected chi connectivity index (χ2v) is 8.67. The van der Waals surface area contributed by atoms with Gasteiger partial charge in [-0.2, -0.15) is 0 Å². The molecule has 0 bridgehead atoms. The number of nitrogens with one attached hydrogen (secondary N) is 1. The Hall–Kier alpha value is -2.35. The molecule has 0 aliphatic carbocycles. The largest absolute Gasteiger partial charge is 0.465 e. The molecule has 27 heavy (non-hydrogen) atoms. The van der Waals surface area contributed by atoms with E-state index in [4.69, 9.17) is 0 Å². The van der Waals surface area contributed by atoms with Crippen molar-refractivity contribution in [3.63, 3.8) is 0 Å². The zero-order chi connectivity index (χ0) is 19.9. The number of aromatic nitrogens is 2. The fourth-order valence-corrected chi connectivity index (χ4v) is 4.12. The number of fused-ring (bicyclic) bond motifs is 1. The lowest BCUT2D eigenvalue weighted by Crippen LogP contribution is -2.44. The standard InChI is InChI=1S/C19H23BrN4O3/c1-19(2,3)15-13-6-5-12(9-11(13)7-8-24(15)18(26)27)21-16-17(25)23(4)10-14(20)22-16/h5-6,9-10,15H,7-8H2,1-4H3,(H,21,22)(H,26,27). The first kappa shape index (κ1) is 19.4. The highest BCUT2D eigenvalue weighted by atomic mass is 79.9. The van der Waals surface area contributed by atoms with Gasteiger partial charge in [0.2, 0.25) is 0 Å². The summed E-state index contributed by atoms with van der Waals surface area (Å²) < 4.78 is 2.02. The summed E-state index contributed by atoms with van der Waals surface area (Å²) in [5, 5.41) is 12.7. The minimum atomic E-state index is -0.899. The molecule has 1 amide bonds. The van der Waals surface area contributed by atoms with Gasteiger partial charge in [0, 0.05) is 25.5 Å². The Morgan fingerprint density at radius 2 is 2.07 bits per heavy atom. The molecule has 2 aromatic rings. The van der Waals surface area contributed by atoms with Crippen LogP contribution in [0.15, 0.2) is 33.8 Å². The van der Waals surface area contributed by atoms with Crippen LogP contribution in [0.2, 0.25) is 0 Å². The Labute approximate surface area is 166 Å². The zero-order valence-corrected chi connectivity index (χ0v) is 17.4. The van der Waals surface area contributed by atoms with Crippen molar-refractivity contribution < 1.29 is 9.90 Å². The summed E-state index contributed by atoms with van der Waals surface area (Å²) in [6.45, 7) is 6.59. The predicted octanol–water partition coefficient (Wildman–Crippen LogP) is 3.91.